The molecule has 1 amide bonds. The van der Waals surface area contributed by atoms with Gasteiger partial charge in [-0.25, -0.2) is 4.39 Å². The molecule has 2 aromatic carbocycles. The minimum atomic E-state index is -0.859. The number of ether oxygens (including phenoxy) is 2. The van der Waals surface area contributed by atoms with Crippen molar-refractivity contribution in [2.45, 2.75) is 12.5 Å². The van der Waals surface area contributed by atoms with E-state index in [4.69, 9.17) is 9.47 Å². The number of methoxy groups -OCH3 is 2. The largest absolute Gasteiger partial charge is 0.493 e. The summed E-state index contributed by atoms with van der Waals surface area (Å²) in [6, 6.07) is 10.9. The first-order valence-electron chi connectivity index (χ1n) is 7.83. The summed E-state index contributed by atoms with van der Waals surface area (Å²) in [6.45, 7) is 0.134. The Bertz CT molecular complexity index is 718. The van der Waals surface area contributed by atoms with E-state index in [-0.39, 0.29) is 24.7 Å². The summed E-state index contributed by atoms with van der Waals surface area (Å²) in [5, 5.41) is 10.4. The summed E-state index contributed by atoms with van der Waals surface area (Å²) in [5.41, 5.74) is 1.35. The molecular weight excluding hydrogens is 325 g/mol. The third-order valence-electron chi connectivity index (χ3n) is 3.93. The van der Waals surface area contributed by atoms with E-state index < -0.39 is 6.10 Å². The van der Waals surface area contributed by atoms with Crippen molar-refractivity contribution in [1.29, 1.82) is 0 Å². The zero-order chi connectivity index (χ0) is 18.4. The molecule has 5 nitrogen and oxygen atoms in total. The van der Waals surface area contributed by atoms with E-state index in [2.05, 4.69) is 0 Å². The van der Waals surface area contributed by atoms with E-state index in [0.717, 1.165) is 5.56 Å². The SMILES string of the molecule is COc1ccc(C(O)CN(C)C(=O)Cc2ccc(F)cc2)cc1OC. The summed E-state index contributed by atoms with van der Waals surface area (Å²) < 4.78 is 23.3. The molecule has 1 N–H and O–H groups in total. The fraction of sp³-hybridized carbons (Fsp3) is 0.316. The summed E-state index contributed by atoms with van der Waals surface area (Å²) in [5.74, 6) is 0.582. The molecule has 2 aromatic rings. The molecule has 1 unspecified atom stereocenters. The Balaban J connectivity index is 2.00. The summed E-state index contributed by atoms with van der Waals surface area (Å²) in [4.78, 5) is 13.7. The lowest BCUT2D eigenvalue weighted by molar-refractivity contribution is -0.130. The zero-order valence-corrected chi connectivity index (χ0v) is 14.5. The number of aliphatic hydroxyl groups is 1. The van der Waals surface area contributed by atoms with Gasteiger partial charge in [0.2, 0.25) is 5.91 Å². The number of aliphatic hydroxyl groups excluding tert-OH is 1. The van der Waals surface area contributed by atoms with Crippen LogP contribution in [-0.4, -0.2) is 43.7 Å². The molecule has 0 spiro atoms. The number of hydrogen-bond donors (Lipinski definition) is 1. The minimum Gasteiger partial charge on any atom is -0.493 e. The van der Waals surface area contributed by atoms with Crippen molar-refractivity contribution in [3.63, 3.8) is 0 Å². The number of rotatable bonds is 7. The van der Waals surface area contributed by atoms with E-state index in [1.54, 1.807) is 37.4 Å². The Hall–Kier alpha value is -2.60. The van der Waals surface area contributed by atoms with Crippen molar-refractivity contribution < 1.29 is 23.8 Å². The Morgan fingerprint density at radius 2 is 1.76 bits per heavy atom. The van der Waals surface area contributed by atoms with Crippen LogP contribution in [0.5, 0.6) is 11.5 Å². The Kier molecular flexibility index (Phi) is 6.36. The number of nitrogens with zero attached hydrogens (tertiary/aromatic N) is 1. The highest BCUT2D eigenvalue weighted by atomic mass is 19.1. The molecule has 2 rings (SSSR count). The van der Waals surface area contributed by atoms with Gasteiger partial charge in [0.25, 0.3) is 0 Å². The molecule has 0 aliphatic heterocycles. The van der Waals surface area contributed by atoms with Crippen molar-refractivity contribution in [3.05, 3.63) is 59.4 Å². The lowest BCUT2D eigenvalue weighted by atomic mass is 10.1. The highest BCUT2D eigenvalue weighted by molar-refractivity contribution is 5.78. The molecule has 0 heterocycles. The smallest absolute Gasteiger partial charge is 0.226 e. The molecule has 1 atom stereocenters. The lowest BCUT2D eigenvalue weighted by Gasteiger charge is -2.22. The molecule has 25 heavy (non-hydrogen) atoms. The van der Waals surface area contributed by atoms with Gasteiger partial charge in [-0.15, -0.1) is 0 Å². The highest BCUT2D eigenvalue weighted by Gasteiger charge is 2.17. The third-order valence-corrected chi connectivity index (χ3v) is 3.93. The second-order valence-corrected chi connectivity index (χ2v) is 5.71. The van der Waals surface area contributed by atoms with Crippen LogP contribution in [0.15, 0.2) is 42.5 Å². The van der Waals surface area contributed by atoms with Gasteiger partial charge in [-0.05, 0) is 35.4 Å². The quantitative estimate of drug-likeness (QED) is 0.836. The summed E-state index contributed by atoms with van der Waals surface area (Å²) in [6.07, 6.45) is -0.711. The molecule has 0 bridgehead atoms. The lowest BCUT2D eigenvalue weighted by Crippen LogP contribution is -2.32. The number of amides is 1. The molecule has 0 aliphatic rings. The van der Waals surface area contributed by atoms with Gasteiger partial charge in [-0.2, -0.15) is 0 Å². The monoisotopic (exact) mass is 347 g/mol. The van der Waals surface area contributed by atoms with Crippen LogP contribution in [0, 0.1) is 5.82 Å². The van der Waals surface area contributed by atoms with Gasteiger partial charge in [-0.1, -0.05) is 18.2 Å². The second-order valence-electron chi connectivity index (χ2n) is 5.71. The average Bonchev–Trinajstić information content (AvgIpc) is 2.62. The Morgan fingerprint density at radius 3 is 2.36 bits per heavy atom. The van der Waals surface area contributed by atoms with Crippen molar-refractivity contribution in [2.24, 2.45) is 0 Å². The zero-order valence-electron chi connectivity index (χ0n) is 14.5. The maximum Gasteiger partial charge on any atom is 0.226 e. The number of carbonyl (C=O) groups excluding carboxylic acids is 1. The van der Waals surface area contributed by atoms with Gasteiger partial charge in [0.05, 0.1) is 33.3 Å². The van der Waals surface area contributed by atoms with Gasteiger partial charge >= 0.3 is 0 Å². The average molecular weight is 347 g/mol. The van der Waals surface area contributed by atoms with Crippen LogP contribution in [0.4, 0.5) is 4.39 Å². The van der Waals surface area contributed by atoms with E-state index in [9.17, 15) is 14.3 Å². The standard InChI is InChI=1S/C19H22FNO4/c1-21(19(23)10-13-4-7-15(20)8-5-13)12-16(22)14-6-9-17(24-2)18(11-14)25-3/h4-9,11,16,22H,10,12H2,1-3H3. The van der Waals surface area contributed by atoms with Gasteiger partial charge in [0, 0.05) is 7.05 Å². The molecule has 0 aromatic heterocycles. The van der Waals surface area contributed by atoms with Gasteiger partial charge in [0.15, 0.2) is 11.5 Å². The fourth-order valence-electron chi connectivity index (χ4n) is 2.44. The van der Waals surface area contributed by atoms with E-state index in [1.807, 2.05) is 0 Å². The molecular formula is C19H22FNO4. The molecule has 134 valence electrons. The molecule has 0 saturated carbocycles. The fourth-order valence-corrected chi connectivity index (χ4v) is 2.44. The molecule has 0 aliphatic carbocycles. The van der Waals surface area contributed by atoms with Gasteiger partial charge in [0.1, 0.15) is 5.82 Å². The number of carbonyl (C=O) groups is 1. The van der Waals surface area contributed by atoms with Gasteiger partial charge in [-0.3, -0.25) is 4.79 Å². The number of benzene rings is 2. The minimum absolute atomic E-state index is 0.134. The van der Waals surface area contributed by atoms with Gasteiger partial charge < -0.3 is 19.5 Å². The molecule has 0 fully saturated rings. The van der Waals surface area contributed by atoms with Crippen LogP contribution in [0.25, 0.3) is 0 Å². The number of likely N-dealkylation sites (N-methyl/N-ethyl adjacent to an activating group) is 1. The summed E-state index contributed by atoms with van der Waals surface area (Å²) in [7, 11) is 4.68. The number of hydrogen-bond acceptors (Lipinski definition) is 4. The topological polar surface area (TPSA) is 59.0 Å². The van der Waals surface area contributed by atoms with E-state index in [0.29, 0.717) is 17.1 Å². The van der Waals surface area contributed by atoms with Crippen molar-refractivity contribution in [1.82, 2.24) is 4.90 Å². The van der Waals surface area contributed by atoms with Crippen LogP contribution in [-0.2, 0) is 11.2 Å². The predicted molar refractivity (Wildman–Crippen MR) is 92.2 cm³/mol. The first-order chi connectivity index (χ1) is 11.9. The van der Waals surface area contributed by atoms with Crippen LogP contribution >= 0.6 is 0 Å². The van der Waals surface area contributed by atoms with E-state index >= 15 is 0 Å². The maximum atomic E-state index is 12.9. The van der Waals surface area contributed by atoms with Crippen LogP contribution in [0.3, 0.4) is 0 Å². The van der Waals surface area contributed by atoms with E-state index in [1.165, 1.54) is 31.3 Å². The maximum absolute atomic E-state index is 12.9. The molecule has 0 saturated heterocycles. The predicted octanol–water partition coefficient (Wildman–Crippen LogP) is 2.58. The van der Waals surface area contributed by atoms with Crippen LogP contribution in [0.1, 0.15) is 17.2 Å². The number of halogens is 1. The Labute approximate surface area is 146 Å². The third kappa shape index (κ3) is 4.93. The first-order valence-corrected chi connectivity index (χ1v) is 7.83. The Morgan fingerprint density at radius 1 is 1.12 bits per heavy atom. The summed E-state index contributed by atoms with van der Waals surface area (Å²) >= 11 is 0. The van der Waals surface area contributed by atoms with Crippen molar-refractivity contribution in [2.75, 3.05) is 27.8 Å². The highest BCUT2D eigenvalue weighted by Crippen LogP contribution is 2.30. The first kappa shape index (κ1) is 18.7. The van der Waals surface area contributed by atoms with Crippen LogP contribution < -0.4 is 9.47 Å². The molecule has 6 heteroatoms. The van der Waals surface area contributed by atoms with Crippen LogP contribution in [0.2, 0.25) is 0 Å². The molecule has 0 radical (unpaired) electrons. The second kappa shape index (κ2) is 8.48. The van der Waals surface area contributed by atoms with Crippen molar-refractivity contribution in [3.8, 4) is 11.5 Å². The normalized spacial score (nSPS) is 11.7. The van der Waals surface area contributed by atoms with Crippen molar-refractivity contribution >= 4 is 5.91 Å².